The van der Waals surface area contributed by atoms with E-state index < -0.39 is 10.0 Å². The molecule has 29 heavy (non-hydrogen) atoms. The number of aryl methyl sites for hydroxylation is 1. The van der Waals surface area contributed by atoms with Gasteiger partial charge in [-0.2, -0.15) is 5.10 Å². The summed E-state index contributed by atoms with van der Waals surface area (Å²) in [7, 11) is -3.78. The summed E-state index contributed by atoms with van der Waals surface area (Å²) >= 11 is 0. The molecule has 1 aromatic carbocycles. The number of benzene rings is 1. The second kappa shape index (κ2) is 7.84. The normalized spacial score (nSPS) is 14.4. The summed E-state index contributed by atoms with van der Waals surface area (Å²) in [4.78, 5) is 14.6. The quantitative estimate of drug-likeness (QED) is 0.645. The third-order valence-electron chi connectivity index (χ3n) is 4.98. The number of rotatable bonds is 6. The van der Waals surface area contributed by atoms with Gasteiger partial charge in [0.1, 0.15) is 16.3 Å². The van der Waals surface area contributed by atoms with Gasteiger partial charge in [0.25, 0.3) is 5.91 Å². The Kier molecular flexibility index (Phi) is 5.25. The fourth-order valence-electron chi connectivity index (χ4n) is 3.43. The molecule has 1 fully saturated rings. The number of nitrogens with one attached hydrogen (secondary N) is 2. The van der Waals surface area contributed by atoms with Crippen LogP contribution in [0, 0.1) is 6.92 Å². The summed E-state index contributed by atoms with van der Waals surface area (Å²) < 4.78 is 33.8. The molecule has 1 saturated heterocycles. The van der Waals surface area contributed by atoms with Gasteiger partial charge in [0.2, 0.25) is 10.0 Å². The number of sulfonamides is 1. The summed E-state index contributed by atoms with van der Waals surface area (Å²) in [6.07, 6.45) is 3.41. The summed E-state index contributed by atoms with van der Waals surface area (Å²) in [6, 6.07) is 10.7. The molecule has 4 rings (SSSR count). The minimum absolute atomic E-state index is 0.0394. The van der Waals surface area contributed by atoms with Gasteiger partial charge < -0.3 is 9.32 Å². The Balaban J connectivity index is 1.58. The van der Waals surface area contributed by atoms with Gasteiger partial charge in [-0.25, -0.2) is 13.1 Å². The predicted molar refractivity (Wildman–Crippen MR) is 107 cm³/mol. The Morgan fingerprint density at radius 2 is 1.97 bits per heavy atom. The molecule has 0 spiro atoms. The van der Waals surface area contributed by atoms with Crippen LogP contribution in [-0.2, 0) is 16.6 Å². The van der Waals surface area contributed by atoms with Crippen LogP contribution in [0.15, 0.2) is 51.9 Å². The van der Waals surface area contributed by atoms with Crippen molar-refractivity contribution in [1.82, 2.24) is 19.8 Å². The molecule has 0 atom stereocenters. The molecule has 1 aliphatic heterocycles. The number of carbonyl (C=O) groups is 1. The van der Waals surface area contributed by atoms with Crippen LogP contribution >= 0.6 is 0 Å². The van der Waals surface area contributed by atoms with E-state index in [0.29, 0.717) is 24.3 Å². The monoisotopic (exact) mass is 414 g/mol. The summed E-state index contributed by atoms with van der Waals surface area (Å²) in [5, 5.41) is 6.74. The largest absolute Gasteiger partial charge is 0.458 e. The van der Waals surface area contributed by atoms with Gasteiger partial charge in [0.05, 0.1) is 11.8 Å². The van der Waals surface area contributed by atoms with Crippen LogP contribution in [0.4, 0.5) is 0 Å². The molecular weight excluding hydrogens is 392 g/mol. The topological polar surface area (TPSA) is 108 Å². The van der Waals surface area contributed by atoms with Crippen LogP contribution in [0.1, 0.15) is 34.5 Å². The van der Waals surface area contributed by atoms with Crippen molar-refractivity contribution in [3.63, 3.8) is 0 Å². The summed E-state index contributed by atoms with van der Waals surface area (Å²) in [5.74, 6) is 0.379. The minimum atomic E-state index is -3.78. The molecule has 3 aromatic rings. The van der Waals surface area contributed by atoms with Gasteiger partial charge in [0.15, 0.2) is 5.76 Å². The van der Waals surface area contributed by atoms with Crippen molar-refractivity contribution in [2.75, 3.05) is 13.1 Å². The molecule has 0 unspecified atom stereocenters. The van der Waals surface area contributed by atoms with Crippen molar-refractivity contribution < 1.29 is 17.6 Å². The highest BCUT2D eigenvalue weighted by molar-refractivity contribution is 7.89. The van der Waals surface area contributed by atoms with Crippen LogP contribution in [0.3, 0.4) is 0 Å². The highest BCUT2D eigenvalue weighted by Gasteiger charge is 2.27. The third kappa shape index (κ3) is 3.96. The van der Waals surface area contributed by atoms with Gasteiger partial charge in [-0.3, -0.25) is 9.89 Å². The number of aromatic nitrogens is 2. The van der Waals surface area contributed by atoms with E-state index in [1.165, 1.54) is 12.3 Å². The van der Waals surface area contributed by atoms with E-state index in [0.717, 1.165) is 18.4 Å². The molecule has 0 bridgehead atoms. The number of aromatic amines is 1. The molecule has 1 aliphatic rings. The Bertz CT molecular complexity index is 1110. The number of likely N-dealkylation sites (tertiary alicyclic amines) is 1. The maximum atomic E-state index is 12.8. The predicted octanol–water partition coefficient (Wildman–Crippen LogP) is 2.69. The molecule has 8 nitrogen and oxygen atoms in total. The lowest BCUT2D eigenvalue weighted by Gasteiger charge is -2.14. The zero-order valence-electron chi connectivity index (χ0n) is 16.0. The SMILES string of the molecule is Cc1oc(-c2[nH]ncc2C(=O)N2CCCC2)cc1S(=O)(=O)NCc1ccccc1. The first kappa shape index (κ1) is 19.4. The van der Waals surface area contributed by atoms with E-state index in [-0.39, 0.29) is 28.9 Å². The average molecular weight is 414 g/mol. The second-order valence-corrected chi connectivity index (χ2v) is 8.73. The fraction of sp³-hybridized carbons (Fsp3) is 0.300. The Morgan fingerprint density at radius 3 is 2.69 bits per heavy atom. The van der Waals surface area contributed by atoms with Gasteiger partial charge in [-0.15, -0.1) is 0 Å². The molecule has 152 valence electrons. The van der Waals surface area contributed by atoms with Gasteiger partial charge in [-0.1, -0.05) is 30.3 Å². The standard InChI is InChI=1S/C20H22N4O4S/c1-14-18(29(26,27)22-12-15-7-3-2-4-8-15)11-17(28-14)19-16(13-21-23-19)20(25)24-9-5-6-10-24/h2-4,7-8,11,13,22H,5-6,9-10,12H2,1H3,(H,21,23). The van der Waals surface area contributed by atoms with E-state index in [4.69, 9.17) is 4.42 Å². The number of hydrogen-bond acceptors (Lipinski definition) is 5. The van der Waals surface area contributed by atoms with Crippen LogP contribution in [0.5, 0.6) is 0 Å². The highest BCUT2D eigenvalue weighted by atomic mass is 32.2. The molecule has 0 saturated carbocycles. The van der Waals surface area contributed by atoms with Gasteiger partial charge in [0, 0.05) is 25.7 Å². The fourth-order valence-corrected chi connectivity index (χ4v) is 4.63. The Morgan fingerprint density at radius 1 is 1.24 bits per heavy atom. The first-order chi connectivity index (χ1) is 14.0. The smallest absolute Gasteiger partial charge is 0.257 e. The molecule has 2 aromatic heterocycles. The zero-order valence-corrected chi connectivity index (χ0v) is 16.8. The number of hydrogen-bond donors (Lipinski definition) is 2. The highest BCUT2D eigenvalue weighted by Crippen LogP contribution is 2.30. The number of H-pyrrole nitrogens is 1. The maximum absolute atomic E-state index is 12.8. The van der Waals surface area contributed by atoms with Crippen molar-refractivity contribution in [1.29, 1.82) is 0 Å². The second-order valence-electron chi connectivity index (χ2n) is 7.00. The first-order valence-corrected chi connectivity index (χ1v) is 10.9. The molecule has 0 aliphatic carbocycles. The molecular formula is C20H22N4O4S. The molecule has 9 heteroatoms. The van der Waals surface area contributed by atoms with Crippen molar-refractivity contribution in [2.45, 2.75) is 31.2 Å². The Labute approximate surface area is 169 Å². The van der Waals surface area contributed by atoms with E-state index in [2.05, 4.69) is 14.9 Å². The lowest BCUT2D eigenvalue weighted by molar-refractivity contribution is 0.0793. The van der Waals surface area contributed by atoms with Crippen LogP contribution < -0.4 is 4.72 Å². The van der Waals surface area contributed by atoms with Crippen molar-refractivity contribution in [2.24, 2.45) is 0 Å². The van der Waals surface area contributed by atoms with E-state index >= 15 is 0 Å². The van der Waals surface area contributed by atoms with Crippen LogP contribution in [-0.4, -0.2) is 42.5 Å². The van der Waals surface area contributed by atoms with Crippen LogP contribution in [0.2, 0.25) is 0 Å². The van der Waals surface area contributed by atoms with Crippen molar-refractivity contribution in [3.8, 4) is 11.5 Å². The number of furan rings is 1. The minimum Gasteiger partial charge on any atom is -0.458 e. The first-order valence-electron chi connectivity index (χ1n) is 9.43. The van der Waals surface area contributed by atoms with E-state index in [1.54, 1.807) is 11.8 Å². The number of nitrogens with zero attached hydrogens (tertiary/aromatic N) is 2. The van der Waals surface area contributed by atoms with E-state index in [1.807, 2.05) is 30.3 Å². The number of amides is 1. The molecule has 1 amide bonds. The lowest BCUT2D eigenvalue weighted by atomic mass is 10.2. The van der Waals surface area contributed by atoms with Gasteiger partial charge >= 0.3 is 0 Å². The number of carbonyl (C=O) groups excluding carboxylic acids is 1. The van der Waals surface area contributed by atoms with Crippen molar-refractivity contribution >= 4 is 15.9 Å². The van der Waals surface area contributed by atoms with Gasteiger partial charge in [-0.05, 0) is 25.3 Å². The van der Waals surface area contributed by atoms with E-state index in [9.17, 15) is 13.2 Å². The lowest BCUT2D eigenvalue weighted by Crippen LogP contribution is -2.27. The Hall–Kier alpha value is -2.91. The molecule has 2 N–H and O–H groups in total. The zero-order chi connectivity index (χ0) is 20.4. The average Bonchev–Trinajstić information content (AvgIpc) is 3.47. The summed E-state index contributed by atoms with van der Waals surface area (Å²) in [6.45, 7) is 3.18. The van der Waals surface area contributed by atoms with Crippen LogP contribution in [0.25, 0.3) is 11.5 Å². The molecule has 0 radical (unpaired) electrons. The summed E-state index contributed by atoms with van der Waals surface area (Å²) in [5.41, 5.74) is 1.61. The van der Waals surface area contributed by atoms with Crippen molar-refractivity contribution in [3.05, 3.63) is 59.5 Å². The maximum Gasteiger partial charge on any atom is 0.257 e. The third-order valence-corrected chi connectivity index (χ3v) is 6.49. The molecule has 3 heterocycles.